The van der Waals surface area contributed by atoms with Gasteiger partial charge in [0.1, 0.15) is 5.82 Å². The fourth-order valence-corrected chi connectivity index (χ4v) is 2.20. The van der Waals surface area contributed by atoms with Crippen molar-refractivity contribution in [3.8, 4) is 11.4 Å². The van der Waals surface area contributed by atoms with Gasteiger partial charge in [-0.3, -0.25) is 4.98 Å². The minimum atomic E-state index is -0.406. The van der Waals surface area contributed by atoms with Crippen molar-refractivity contribution in [2.45, 2.75) is 12.8 Å². The van der Waals surface area contributed by atoms with Crippen LogP contribution in [0.1, 0.15) is 12.8 Å². The molecule has 7 heteroatoms. The lowest BCUT2D eigenvalue weighted by molar-refractivity contribution is 0.622. The number of pyridine rings is 1. The molecule has 3 rings (SSSR count). The third kappa shape index (κ3) is 2.52. The Hall–Kier alpha value is -2.31. The van der Waals surface area contributed by atoms with Gasteiger partial charge in [0.25, 0.3) is 0 Å². The van der Waals surface area contributed by atoms with Crippen LogP contribution in [0.15, 0.2) is 18.5 Å². The Bertz CT molecular complexity index is 612. The van der Waals surface area contributed by atoms with E-state index in [1.54, 1.807) is 13.2 Å². The van der Waals surface area contributed by atoms with Crippen LogP contribution in [0.25, 0.3) is 11.4 Å². The highest BCUT2D eigenvalue weighted by molar-refractivity contribution is 5.57. The molecule has 2 aromatic rings. The molecular weight excluding hydrogens is 259 g/mol. The number of hydrogen-bond acceptors (Lipinski definition) is 6. The average Bonchev–Trinajstić information content (AvgIpc) is 3.01. The van der Waals surface area contributed by atoms with E-state index in [4.69, 9.17) is 0 Å². The van der Waals surface area contributed by atoms with Crippen LogP contribution in [0, 0.1) is 5.82 Å². The van der Waals surface area contributed by atoms with Gasteiger partial charge < -0.3 is 10.2 Å². The van der Waals surface area contributed by atoms with Crippen LogP contribution in [-0.4, -0.2) is 40.1 Å². The van der Waals surface area contributed by atoms with Gasteiger partial charge in [-0.15, -0.1) is 0 Å². The Morgan fingerprint density at radius 1 is 1.15 bits per heavy atom. The molecular formula is C13H15FN6. The maximum atomic E-state index is 13.3. The van der Waals surface area contributed by atoms with Gasteiger partial charge in [0.05, 0.1) is 6.20 Å². The fourth-order valence-electron chi connectivity index (χ4n) is 2.20. The number of hydrogen-bond donors (Lipinski definition) is 1. The number of halogens is 1. The molecule has 104 valence electrons. The molecule has 3 heterocycles. The summed E-state index contributed by atoms with van der Waals surface area (Å²) in [5, 5.41) is 2.91. The van der Waals surface area contributed by atoms with E-state index in [9.17, 15) is 4.39 Å². The molecule has 0 aromatic carbocycles. The van der Waals surface area contributed by atoms with E-state index in [1.165, 1.54) is 6.07 Å². The maximum Gasteiger partial charge on any atom is 0.230 e. The van der Waals surface area contributed by atoms with Gasteiger partial charge in [0.15, 0.2) is 5.82 Å². The predicted molar refractivity (Wildman–Crippen MR) is 74.0 cm³/mol. The third-order valence-electron chi connectivity index (χ3n) is 3.20. The van der Waals surface area contributed by atoms with Crippen molar-refractivity contribution in [3.63, 3.8) is 0 Å². The van der Waals surface area contributed by atoms with Crippen LogP contribution in [0.3, 0.4) is 0 Å². The molecule has 0 atom stereocenters. The van der Waals surface area contributed by atoms with Crippen molar-refractivity contribution in [1.82, 2.24) is 19.9 Å². The summed E-state index contributed by atoms with van der Waals surface area (Å²) >= 11 is 0. The molecule has 20 heavy (non-hydrogen) atoms. The molecule has 2 aromatic heterocycles. The van der Waals surface area contributed by atoms with Crippen molar-refractivity contribution < 1.29 is 4.39 Å². The number of nitrogens with zero attached hydrogens (tertiary/aromatic N) is 5. The maximum absolute atomic E-state index is 13.3. The van der Waals surface area contributed by atoms with Crippen LogP contribution in [-0.2, 0) is 0 Å². The molecule has 1 aliphatic rings. The summed E-state index contributed by atoms with van der Waals surface area (Å²) in [6, 6.07) is 1.37. The number of rotatable bonds is 3. The number of aromatic nitrogens is 4. The average molecular weight is 274 g/mol. The van der Waals surface area contributed by atoms with Crippen molar-refractivity contribution in [2.24, 2.45) is 0 Å². The normalized spacial score (nSPS) is 14.6. The second-order valence-electron chi connectivity index (χ2n) is 4.62. The second-order valence-corrected chi connectivity index (χ2v) is 4.62. The topological polar surface area (TPSA) is 66.8 Å². The molecule has 0 amide bonds. The Morgan fingerprint density at radius 3 is 2.65 bits per heavy atom. The Balaban J connectivity index is 2.03. The van der Waals surface area contributed by atoms with Crippen LogP contribution in [0.5, 0.6) is 0 Å². The van der Waals surface area contributed by atoms with Gasteiger partial charge in [0.2, 0.25) is 11.9 Å². The zero-order valence-corrected chi connectivity index (χ0v) is 11.2. The summed E-state index contributed by atoms with van der Waals surface area (Å²) < 4.78 is 13.3. The first-order valence-corrected chi connectivity index (χ1v) is 6.56. The molecule has 0 aliphatic carbocycles. The lowest BCUT2D eigenvalue weighted by Gasteiger charge is -2.16. The molecule has 0 radical (unpaired) electrons. The minimum absolute atomic E-state index is 0.406. The lowest BCUT2D eigenvalue weighted by atomic mass is 10.2. The summed E-state index contributed by atoms with van der Waals surface area (Å²) in [7, 11) is 1.75. The fraction of sp³-hybridized carbons (Fsp3) is 0.385. The van der Waals surface area contributed by atoms with Crippen molar-refractivity contribution in [3.05, 3.63) is 24.3 Å². The first-order chi connectivity index (χ1) is 9.76. The lowest BCUT2D eigenvalue weighted by Crippen LogP contribution is -2.21. The smallest absolute Gasteiger partial charge is 0.230 e. The zero-order chi connectivity index (χ0) is 13.9. The summed E-state index contributed by atoms with van der Waals surface area (Å²) in [5.74, 6) is 1.12. The first-order valence-electron chi connectivity index (χ1n) is 6.56. The van der Waals surface area contributed by atoms with Crippen molar-refractivity contribution in [2.75, 3.05) is 30.4 Å². The van der Waals surface area contributed by atoms with Crippen LogP contribution in [0.2, 0.25) is 0 Å². The monoisotopic (exact) mass is 274 g/mol. The molecule has 1 saturated heterocycles. The van der Waals surface area contributed by atoms with Crippen LogP contribution in [0.4, 0.5) is 16.3 Å². The standard InChI is InChI=1S/C13H15FN6/c1-15-12-17-11(9-6-10(14)8-16-7-9)18-13(19-12)20-4-2-3-5-20/h6-8H,2-5H2,1H3,(H,15,17,18,19). The van der Waals surface area contributed by atoms with Gasteiger partial charge in [-0.25, -0.2) is 4.39 Å². The minimum Gasteiger partial charge on any atom is -0.357 e. The molecule has 6 nitrogen and oxygen atoms in total. The highest BCUT2D eigenvalue weighted by Gasteiger charge is 2.17. The van der Waals surface area contributed by atoms with Gasteiger partial charge in [0, 0.05) is 31.9 Å². The summed E-state index contributed by atoms with van der Waals surface area (Å²) in [6.07, 6.45) is 4.98. The summed E-state index contributed by atoms with van der Waals surface area (Å²) in [4.78, 5) is 19.0. The van der Waals surface area contributed by atoms with Gasteiger partial charge in [-0.05, 0) is 18.9 Å². The largest absolute Gasteiger partial charge is 0.357 e. The van der Waals surface area contributed by atoms with Crippen LogP contribution < -0.4 is 10.2 Å². The van der Waals surface area contributed by atoms with E-state index < -0.39 is 5.82 Å². The SMILES string of the molecule is CNc1nc(-c2cncc(F)c2)nc(N2CCCC2)n1. The highest BCUT2D eigenvalue weighted by atomic mass is 19.1. The summed E-state index contributed by atoms with van der Waals surface area (Å²) in [5.41, 5.74) is 0.546. The molecule has 0 bridgehead atoms. The van der Waals surface area contributed by atoms with Gasteiger partial charge in [-0.1, -0.05) is 0 Å². The van der Waals surface area contributed by atoms with E-state index in [0.29, 0.717) is 23.3 Å². The highest BCUT2D eigenvalue weighted by Crippen LogP contribution is 2.21. The van der Waals surface area contributed by atoms with Crippen LogP contribution >= 0.6 is 0 Å². The quantitative estimate of drug-likeness (QED) is 0.919. The van der Waals surface area contributed by atoms with E-state index >= 15 is 0 Å². The van der Waals surface area contributed by atoms with Gasteiger partial charge >= 0.3 is 0 Å². The molecule has 1 fully saturated rings. The summed E-state index contributed by atoms with van der Waals surface area (Å²) in [6.45, 7) is 1.88. The molecule has 0 unspecified atom stereocenters. The van der Waals surface area contributed by atoms with Gasteiger partial charge in [-0.2, -0.15) is 15.0 Å². The predicted octanol–water partition coefficient (Wildman–Crippen LogP) is 1.71. The molecule has 0 saturated carbocycles. The Morgan fingerprint density at radius 2 is 1.95 bits per heavy atom. The molecule has 0 spiro atoms. The first kappa shape index (κ1) is 12.7. The second kappa shape index (κ2) is 5.36. The van der Waals surface area contributed by atoms with Crippen molar-refractivity contribution in [1.29, 1.82) is 0 Å². The van der Waals surface area contributed by atoms with E-state index in [1.807, 2.05) is 0 Å². The molecule has 1 N–H and O–H groups in total. The third-order valence-corrected chi connectivity index (χ3v) is 3.20. The van der Waals surface area contributed by atoms with E-state index in [-0.39, 0.29) is 0 Å². The number of nitrogens with one attached hydrogen (secondary N) is 1. The Kier molecular flexibility index (Phi) is 3.41. The Labute approximate surface area is 116 Å². The van der Waals surface area contributed by atoms with E-state index in [2.05, 4.69) is 30.2 Å². The van der Waals surface area contributed by atoms with Crippen molar-refractivity contribution >= 4 is 11.9 Å². The van der Waals surface area contributed by atoms with E-state index in [0.717, 1.165) is 32.1 Å². The molecule has 1 aliphatic heterocycles. The zero-order valence-electron chi connectivity index (χ0n) is 11.2. The number of anilines is 2.